The van der Waals surface area contributed by atoms with Crippen LogP contribution in [0.5, 0.6) is 0 Å². The minimum atomic E-state index is -0.897. The molecule has 0 spiro atoms. The maximum absolute atomic E-state index is 11.9. The zero-order chi connectivity index (χ0) is 13.9. The van der Waals surface area contributed by atoms with E-state index < -0.39 is 17.3 Å². The van der Waals surface area contributed by atoms with Crippen LogP contribution in [0.1, 0.15) is 6.42 Å². The highest BCUT2D eigenvalue weighted by atomic mass is 16.2. The fraction of sp³-hybridized carbons (Fsp3) is 0.133. The van der Waals surface area contributed by atoms with E-state index >= 15 is 0 Å². The second kappa shape index (κ2) is 3.66. The third-order valence-electron chi connectivity index (χ3n) is 3.86. The highest BCUT2D eigenvalue weighted by Gasteiger charge is 2.45. The van der Waals surface area contributed by atoms with Crippen LogP contribution >= 0.6 is 0 Å². The van der Waals surface area contributed by atoms with Crippen LogP contribution in [0.3, 0.4) is 0 Å². The summed E-state index contributed by atoms with van der Waals surface area (Å²) in [4.78, 5) is 35.0. The highest BCUT2D eigenvalue weighted by Crippen LogP contribution is 2.31. The number of carbonyl (C=O) groups is 3. The molecule has 1 saturated carbocycles. The minimum absolute atomic E-state index is 0.0550. The number of benzene rings is 1. The molecule has 98 valence electrons. The summed E-state index contributed by atoms with van der Waals surface area (Å²) in [5.74, 6) is -2.18. The molecular weight excluding hydrogens is 256 g/mol. The summed E-state index contributed by atoms with van der Waals surface area (Å²) in [7, 11) is 0. The van der Waals surface area contributed by atoms with Gasteiger partial charge in [0.2, 0.25) is 11.6 Å². The number of nitrogens with zero attached hydrogens (tertiary/aromatic N) is 2. The van der Waals surface area contributed by atoms with Gasteiger partial charge in [-0.3, -0.25) is 24.4 Å². The van der Waals surface area contributed by atoms with Crippen molar-refractivity contribution in [3.8, 4) is 0 Å². The molecule has 0 aromatic heterocycles. The molecule has 3 aliphatic rings. The Morgan fingerprint density at radius 3 is 2.35 bits per heavy atom. The molecule has 0 amide bonds. The first-order valence-corrected chi connectivity index (χ1v) is 6.34. The van der Waals surface area contributed by atoms with Gasteiger partial charge in [0.15, 0.2) is 0 Å². The second-order valence-corrected chi connectivity index (χ2v) is 5.03. The molecule has 4 rings (SSSR count). The third-order valence-corrected chi connectivity index (χ3v) is 3.86. The van der Waals surface area contributed by atoms with Crippen molar-refractivity contribution in [2.24, 2.45) is 0 Å². The van der Waals surface area contributed by atoms with Gasteiger partial charge in [0.1, 0.15) is 0 Å². The van der Waals surface area contributed by atoms with Gasteiger partial charge in [0.25, 0.3) is 5.78 Å². The van der Waals surface area contributed by atoms with Crippen molar-refractivity contribution in [3.05, 3.63) is 46.5 Å². The molecule has 0 bridgehead atoms. The van der Waals surface area contributed by atoms with Crippen molar-refractivity contribution in [1.82, 2.24) is 10.0 Å². The molecular formula is C15H10N2O3. The van der Waals surface area contributed by atoms with Crippen molar-refractivity contribution in [2.75, 3.05) is 0 Å². The Balaban J connectivity index is 1.86. The van der Waals surface area contributed by atoms with Crippen molar-refractivity contribution in [2.45, 2.75) is 12.5 Å². The molecule has 1 fully saturated rings. The zero-order valence-corrected chi connectivity index (χ0v) is 10.4. The standard InChI is InChI=1S/C15H10N2O3/c18-13-5-12-11(14(19)15(13)20)8-16-6-9-3-1-2-4-10(9)7-17(12)16/h1-4,6-8,12H,5H2. The summed E-state index contributed by atoms with van der Waals surface area (Å²) in [6.45, 7) is 0. The van der Waals surface area contributed by atoms with Gasteiger partial charge in [-0.1, -0.05) is 24.3 Å². The quantitative estimate of drug-likeness (QED) is 0.568. The Morgan fingerprint density at radius 1 is 0.900 bits per heavy atom. The van der Waals surface area contributed by atoms with E-state index in [-0.39, 0.29) is 12.5 Å². The number of rotatable bonds is 0. The number of hydrogen-bond acceptors (Lipinski definition) is 5. The fourth-order valence-corrected chi connectivity index (χ4v) is 2.83. The van der Waals surface area contributed by atoms with Gasteiger partial charge in [-0.25, -0.2) is 0 Å². The van der Waals surface area contributed by atoms with E-state index in [1.54, 1.807) is 11.2 Å². The minimum Gasteiger partial charge on any atom is -0.290 e. The summed E-state index contributed by atoms with van der Waals surface area (Å²) < 4.78 is 0. The SMILES string of the molecule is O=C1CC2C(=CN3C=c4ccccc4=CN23)C(=O)C1=O. The van der Waals surface area contributed by atoms with E-state index in [1.165, 1.54) is 0 Å². The van der Waals surface area contributed by atoms with Gasteiger partial charge in [-0.05, 0) is 0 Å². The summed E-state index contributed by atoms with van der Waals surface area (Å²) in [5, 5.41) is 5.66. The lowest BCUT2D eigenvalue weighted by Crippen LogP contribution is -2.48. The van der Waals surface area contributed by atoms with Gasteiger partial charge < -0.3 is 0 Å². The Hall–Kier alpha value is -2.69. The monoisotopic (exact) mass is 266 g/mol. The molecule has 0 N–H and O–H groups in total. The number of carbonyl (C=O) groups excluding carboxylic acids is 3. The van der Waals surface area contributed by atoms with Gasteiger partial charge in [-0.2, -0.15) is 0 Å². The molecule has 1 aromatic rings. The second-order valence-electron chi connectivity index (χ2n) is 5.03. The fourth-order valence-electron chi connectivity index (χ4n) is 2.83. The Morgan fingerprint density at radius 2 is 1.60 bits per heavy atom. The molecule has 1 aliphatic carbocycles. The van der Waals surface area contributed by atoms with Gasteiger partial charge in [0.05, 0.1) is 6.04 Å². The summed E-state index contributed by atoms with van der Waals surface area (Å²) >= 11 is 0. The number of hydrogen-bond donors (Lipinski definition) is 0. The van der Waals surface area contributed by atoms with Crippen molar-refractivity contribution in [3.63, 3.8) is 0 Å². The molecule has 1 aromatic carbocycles. The van der Waals surface area contributed by atoms with Crippen molar-refractivity contribution >= 4 is 29.7 Å². The average molecular weight is 266 g/mol. The predicted octanol–water partition coefficient (Wildman–Crippen LogP) is -0.928. The Kier molecular flexibility index (Phi) is 2.04. The van der Waals surface area contributed by atoms with Crippen LogP contribution in [0, 0.1) is 0 Å². The summed E-state index contributed by atoms with van der Waals surface area (Å²) in [6.07, 6.45) is 5.49. The number of Topliss-reactive ketones (excluding diaryl/α,β-unsaturated/α-hetero) is 3. The molecule has 0 saturated heterocycles. The lowest BCUT2D eigenvalue weighted by molar-refractivity contribution is -0.144. The highest BCUT2D eigenvalue weighted by molar-refractivity contribution is 6.68. The Labute approximate surface area is 114 Å². The number of hydrazine groups is 1. The molecule has 20 heavy (non-hydrogen) atoms. The van der Waals surface area contributed by atoms with Crippen LogP contribution in [0.2, 0.25) is 0 Å². The molecule has 5 heteroatoms. The normalized spacial score (nSPS) is 23.5. The topological polar surface area (TPSA) is 57.7 Å². The van der Waals surface area contributed by atoms with Gasteiger partial charge in [0, 0.05) is 41.0 Å². The van der Waals surface area contributed by atoms with Crippen LogP contribution in [0.15, 0.2) is 36.0 Å². The number of ketones is 3. The first-order valence-electron chi connectivity index (χ1n) is 6.34. The van der Waals surface area contributed by atoms with E-state index in [0.29, 0.717) is 5.57 Å². The maximum atomic E-state index is 11.9. The third kappa shape index (κ3) is 1.34. The first kappa shape index (κ1) is 11.2. The van der Waals surface area contributed by atoms with Crippen LogP contribution in [-0.4, -0.2) is 33.4 Å². The summed E-state index contributed by atoms with van der Waals surface area (Å²) in [6, 6.07) is 7.45. The predicted molar refractivity (Wildman–Crippen MR) is 69.8 cm³/mol. The lowest BCUT2D eigenvalue weighted by Gasteiger charge is -2.33. The number of fused-ring (bicyclic) bond motifs is 4. The largest absolute Gasteiger partial charge is 0.290 e. The van der Waals surface area contributed by atoms with E-state index in [1.807, 2.05) is 41.7 Å². The van der Waals surface area contributed by atoms with Crippen LogP contribution < -0.4 is 10.4 Å². The van der Waals surface area contributed by atoms with E-state index in [2.05, 4.69) is 0 Å². The molecule has 5 nitrogen and oxygen atoms in total. The first-order chi connectivity index (χ1) is 9.65. The van der Waals surface area contributed by atoms with Crippen LogP contribution in [0.25, 0.3) is 12.4 Å². The van der Waals surface area contributed by atoms with E-state index in [9.17, 15) is 14.4 Å². The average Bonchev–Trinajstić information content (AvgIpc) is 2.80. The van der Waals surface area contributed by atoms with Gasteiger partial charge in [-0.15, -0.1) is 0 Å². The molecule has 1 atom stereocenters. The van der Waals surface area contributed by atoms with Crippen molar-refractivity contribution < 1.29 is 14.4 Å². The lowest BCUT2D eigenvalue weighted by atomic mass is 9.88. The van der Waals surface area contributed by atoms with E-state index in [4.69, 9.17) is 0 Å². The smallest absolute Gasteiger partial charge is 0.268 e. The molecule has 2 aliphatic heterocycles. The molecule has 0 radical (unpaired) electrons. The van der Waals surface area contributed by atoms with E-state index in [0.717, 1.165) is 10.4 Å². The van der Waals surface area contributed by atoms with Crippen LogP contribution in [0.4, 0.5) is 0 Å². The van der Waals surface area contributed by atoms with Gasteiger partial charge >= 0.3 is 0 Å². The zero-order valence-electron chi connectivity index (χ0n) is 10.4. The van der Waals surface area contributed by atoms with Crippen molar-refractivity contribution in [1.29, 1.82) is 0 Å². The van der Waals surface area contributed by atoms with Crippen LogP contribution in [-0.2, 0) is 14.4 Å². The molecule has 2 heterocycles. The maximum Gasteiger partial charge on any atom is 0.268 e. The Bertz CT molecular complexity index is 822. The molecule has 1 unspecified atom stereocenters. The summed E-state index contributed by atoms with van der Waals surface area (Å²) in [5.41, 5.74) is 0.398.